The molecular formula is C28H38N2O2. The molecule has 0 aromatic heterocycles. The van der Waals surface area contributed by atoms with E-state index in [0.717, 1.165) is 16.7 Å². The Hall–Kier alpha value is -2.62. The van der Waals surface area contributed by atoms with Gasteiger partial charge in [0.15, 0.2) is 0 Å². The van der Waals surface area contributed by atoms with E-state index in [-0.39, 0.29) is 29.2 Å². The highest BCUT2D eigenvalue weighted by Gasteiger charge is 2.30. The first-order valence-electron chi connectivity index (χ1n) is 11.8. The maximum absolute atomic E-state index is 13.1. The topological polar surface area (TPSA) is 49.4 Å². The van der Waals surface area contributed by atoms with Crippen molar-refractivity contribution in [2.75, 3.05) is 13.1 Å². The predicted octanol–water partition coefficient (Wildman–Crippen LogP) is 5.66. The molecule has 1 unspecified atom stereocenters. The highest BCUT2D eigenvalue weighted by Crippen LogP contribution is 2.28. The normalized spacial score (nSPS) is 16.2. The first kappa shape index (κ1) is 24.0. The first-order chi connectivity index (χ1) is 15.1. The molecule has 1 fully saturated rings. The number of hydrogen-bond donors (Lipinski definition) is 1. The maximum atomic E-state index is 13.1. The number of likely N-dealkylation sites (tertiary alicyclic amines) is 1. The molecule has 1 heterocycles. The van der Waals surface area contributed by atoms with Gasteiger partial charge in [-0.3, -0.25) is 9.59 Å². The van der Waals surface area contributed by atoms with Gasteiger partial charge in [-0.05, 0) is 53.9 Å². The van der Waals surface area contributed by atoms with Crippen LogP contribution in [0.3, 0.4) is 0 Å². The van der Waals surface area contributed by atoms with Crippen LogP contribution in [0.1, 0.15) is 80.6 Å². The van der Waals surface area contributed by atoms with Crippen LogP contribution in [0.15, 0.2) is 48.5 Å². The van der Waals surface area contributed by atoms with Crippen molar-refractivity contribution in [3.63, 3.8) is 0 Å². The van der Waals surface area contributed by atoms with Crippen molar-refractivity contribution in [2.45, 2.75) is 65.8 Å². The number of piperidine rings is 1. The van der Waals surface area contributed by atoms with E-state index in [2.05, 4.69) is 64.2 Å². The van der Waals surface area contributed by atoms with Crippen LogP contribution in [0.5, 0.6) is 0 Å². The summed E-state index contributed by atoms with van der Waals surface area (Å²) in [6.07, 6.45) is 1.41. The maximum Gasteiger partial charge on any atom is 0.254 e. The van der Waals surface area contributed by atoms with E-state index in [1.54, 1.807) is 0 Å². The second kappa shape index (κ2) is 9.89. The molecule has 1 atom stereocenters. The summed E-state index contributed by atoms with van der Waals surface area (Å²) < 4.78 is 0. The second-order valence-corrected chi connectivity index (χ2v) is 10.5. The van der Waals surface area contributed by atoms with E-state index in [9.17, 15) is 9.59 Å². The summed E-state index contributed by atoms with van der Waals surface area (Å²) in [5.41, 5.74) is 4.30. The summed E-state index contributed by atoms with van der Waals surface area (Å²) in [5.74, 6) is 0.417. The van der Waals surface area contributed by atoms with Gasteiger partial charge in [0.1, 0.15) is 0 Å². The van der Waals surface area contributed by atoms with E-state index in [4.69, 9.17) is 0 Å². The molecule has 2 aromatic rings. The lowest BCUT2D eigenvalue weighted by Gasteiger charge is -2.33. The third-order valence-electron chi connectivity index (χ3n) is 6.63. The van der Waals surface area contributed by atoms with Crippen LogP contribution in [-0.2, 0) is 10.2 Å². The molecule has 0 spiro atoms. The van der Waals surface area contributed by atoms with Crippen LogP contribution in [0.2, 0.25) is 0 Å². The van der Waals surface area contributed by atoms with Crippen molar-refractivity contribution in [1.29, 1.82) is 0 Å². The molecule has 1 N–H and O–H groups in total. The molecule has 0 radical (unpaired) electrons. The van der Waals surface area contributed by atoms with Gasteiger partial charge < -0.3 is 10.2 Å². The quantitative estimate of drug-likeness (QED) is 0.660. The summed E-state index contributed by atoms with van der Waals surface area (Å²) in [6, 6.07) is 16.3. The molecule has 172 valence electrons. The van der Waals surface area contributed by atoms with Gasteiger partial charge in [0.2, 0.25) is 5.91 Å². The number of hydrogen-bond acceptors (Lipinski definition) is 2. The Morgan fingerprint density at radius 3 is 2.09 bits per heavy atom. The number of nitrogens with zero attached hydrogens (tertiary/aromatic N) is 1. The molecular weight excluding hydrogens is 396 g/mol. The molecule has 4 nitrogen and oxygen atoms in total. The van der Waals surface area contributed by atoms with Gasteiger partial charge >= 0.3 is 0 Å². The summed E-state index contributed by atoms with van der Waals surface area (Å²) in [7, 11) is 0. The lowest BCUT2D eigenvalue weighted by Crippen LogP contribution is -2.44. The monoisotopic (exact) mass is 434 g/mol. The number of rotatable bonds is 5. The molecule has 1 aliphatic heterocycles. The lowest BCUT2D eigenvalue weighted by atomic mass is 9.85. The van der Waals surface area contributed by atoms with E-state index < -0.39 is 0 Å². The molecule has 0 aliphatic carbocycles. The fourth-order valence-electron chi connectivity index (χ4n) is 4.42. The summed E-state index contributed by atoms with van der Waals surface area (Å²) in [4.78, 5) is 27.9. The van der Waals surface area contributed by atoms with Crippen LogP contribution < -0.4 is 5.32 Å². The minimum Gasteiger partial charge on any atom is -0.349 e. The zero-order valence-corrected chi connectivity index (χ0v) is 20.4. The Kier molecular flexibility index (Phi) is 7.43. The molecule has 3 rings (SSSR count). The highest BCUT2D eigenvalue weighted by atomic mass is 16.2. The second-order valence-electron chi connectivity index (χ2n) is 10.5. The first-order valence-corrected chi connectivity index (χ1v) is 11.8. The van der Waals surface area contributed by atoms with Crippen molar-refractivity contribution in [3.05, 3.63) is 70.8 Å². The van der Waals surface area contributed by atoms with Crippen molar-refractivity contribution in [1.82, 2.24) is 10.2 Å². The van der Waals surface area contributed by atoms with Crippen molar-refractivity contribution in [2.24, 2.45) is 11.8 Å². The van der Waals surface area contributed by atoms with Crippen molar-refractivity contribution in [3.8, 4) is 0 Å². The molecule has 0 saturated carbocycles. The highest BCUT2D eigenvalue weighted by molar-refractivity contribution is 5.95. The fraction of sp³-hybridized carbons (Fsp3) is 0.500. The van der Waals surface area contributed by atoms with Gasteiger partial charge in [-0.1, -0.05) is 77.1 Å². The number of amides is 2. The van der Waals surface area contributed by atoms with E-state index in [0.29, 0.717) is 31.8 Å². The van der Waals surface area contributed by atoms with Crippen molar-refractivity contribution < 1.29 is 9.59 Å². The number of benzene rings is 2. The van der Waals surface area contributed by atoms with Gasteiger partial charge in [0, 0.05) is 24.6 Å². The number of nitrogens with one attached hydrogen (secondary N) is 1. The van der Waals surface area contributed by atoms with E-state index in [1.807, 2.05) is 36.1 Å². The Morgan fingerprint density at radius 2 is 1.56 bits per heavy atom. The Labute approximate surface area is 193 Å². The van der Waals surface area contributed by atoms with Gasteiger partial charge in [0.25, 0.3) is 5.91 Å². The molecule has 1 aliphatic rings. The Bertz CT molecular complexity index is 933. The number of aryl methyl sites for hydroxylation is 1. The molecule has 2 aromatic carbocycles. The van der Waals surface area contributed by atoms with E-state index in [1.165, 1.54) is 5.56 Å². The summed E-state index contributed by atoms with van der Waals surface area (Å²) >= 11 is 0. The van der Waals surface area contributed by atoms with Crippen LogP contribution in [0.4, 0.5) is 0 Å². The molecule has 2 amide bonds. The minimum atomic E-state index is -0.0500. The summed E-state index contributed by atoms with van der Waals surface area (Å²) in [5, 5.41) is 3.30. The summed E-state index contributed by atoms with van der Waals surface area (Å²) in [6.45, 7) is 14.1. The molecule has 4 heteroatoms. The number of carbonyl (C=O) groups is 2. The fourth-order valence-corrected chi connectivity index (χ4v) is 4.42. The van der Waals surface area contributed by atoms with Crippen LogP contribution in [-0.4, -0.2) is 29.8 Å². The zero-order valence-electron chi connectivity index (χ0n) is 20.4. The smallest absolute Gasteiger partial charge is 0.254 e. The van der Waals surface area contributed by atoms with Gasteiger partial charge in [0.05, 0.1) is 6.04 Å². The molecule has 32 heavy (non-hydrogen) atoms. The SMILES string of the molecule is Cc1ccccc1C(=O)N1CCC(C(=O)NC(c2ccc(C(C)(C)C)cc2)C(C)C)CC1. The Balaban J connectivity index is 1.61. The van der Waals surface area contributed by atoms with Crippen LogP contribution in [0.25, 0.3) is 0 Å². The molecule has 1 saturated heterocycles. The van der Waals surface area contributed by atoms with Crippen LogP contribution in [0, 0.1) is 18.8 Å². The molecule has 0 bridgehead atoms. The van der Waals surface area contributed by atoms with Gasteiger partial charge in [-0.2, -0.15) is 0 Å². The third-order valence-corrected chi connectivity index (χ3v) is 6.63. The number of carbonyl (C=O) groups excluding carboxylic acids is 2. The van der Waals surface area contributed by atoms with Crippen molar-refractivity contribution >= 4 is 11.8 Å². The van der Waals surface area contributed by atoms with E-state index >= 15 is 0 Å². The predicted molar refractivity (Wildman–Crippen MR) is 131 cm³/mol. The largest absolute Gasteiger partial charge is 0.349 e. The van der Waals surface area contributed by atoms with Gasteiger partial charge in [-0.15, -0.1) is 0 Å². The average Bonchev–Trinajstić information content (AvgIpc) is 2.76. The van der Waals surface area contributed by atoms with Gasteiger partial charge in [-0.25, -0.2) is 0 Å². The third kappa shape index (κ3) is 5.59. The lowest BCUT2D eigenvalue weighted by molar-refractivity contribution is -0.127. The minimum absolute atomic E-state index is 0.0110. The van der Waals surface area contributed by atoms with Crippen LogP contribution >= 0.6 is 0 Å². The zero-order chi connectivity index (χ0) is 23.5. The standard InChI is InChI=1S/C28H38N2O2/c1-19(2)25(21-11-13-23(14-12-21)28(4,5)6)29-26(31)22-15-17-30(18-16-22)27(32)24-10-8-7-9-20(24)3/h7-14,19,22,25H,15-18H2,1-6H3,(H,29,31). The Morgan fingerprint density at radius 1 is 0.969 bits per heavy atom. The average molecular weight is 435 g/mol.